The Hall–Kier alpha value is -4.75. The van der Waals surface area contributed by atoms with Gasteiger partial charge >= 0.3 is 0 Å². The normalized spacial score (nSPS) is 27.6. The van der Waals surface area contributed by atoms with Crippen molar-refractivity contribution < 1.29 is 23.9 Å². The molecule has 7 rings (SSSR count). The number of nitriles is 1. The Kier molecular flexibility index (Phi) is 12.7. The summed E-state index contributed by atoms with van der Waals surface area (Å²) < 4.78 is 6.48. The number of piperazine rings is 1. The standard InChI is InChI=1S/C48H60ClN7O5/c1-28(30(3)42(58)52-39-19-20-41(57)53-43(39)59)29(2)31(4)54-21-23-55(24-22-54)35-15-10-32(11-16-35)9-13-34-14-18-37-40(51-34)27-56(44(37)60)45-47(5,6)46(48(45,7)8)61-36-17-12-33(26-50)38(49)25-36/h12,14,17-18,25,28-29,31-32,35,39,45-46H,3,10-11,15-16,19-24,27H2,1-2,4-8H3,(H,52,58)(H,53,57,59)/t28?,29-,31+,32?,35?,39?,45?,46?/m0/s1. The van der Waals surface area contributed by atoms with E-state index in [0.29, 0.717) is 58.1 Å². The van der Waals surface area contributed by atoms with Gasteiger partial charge in [-0.3, -0.25) is 34.3 Å². The molecule has 0 radical (unpaired) electrons. The summed E-state index contributed by atoms with van der Waals surface area (Å²) in [4.78, 5) is 62.5. The number of pyridine rings is 1. The molecule has 0 bridgehead atoms. The summed E-state index contributed by atoms with van der Waals surface area (Å²) in [6.07, 6.45) is 4.66. The maximum atomic E-state index is 13.8. The Morgan fingerprint density at radius 1 is 1.00 bits per heavy atom. The van der Waals surface area contributed by atoms with Crippen LogP contribution in [0, 0.1) is 51.8 Å². The van der Waals surface area contributed by atoms with E-state index in [1.807, 2.05) is 24.0 Å². The maximum absolute atomic E-state index is 13.8. The molecule has 4 atom stereocenters. The highest BCUT2D eigenvalue weighted by molar-refractivity contribution is 6.31. The average molecular weight is 851 g/mol. The molecule has 4 amide bonds. The summed E-state index contributed by atoms with van der Waals surface area (Å²) in [6, 6.07) is 11.0. The Balaban J connectivity index is 0.868. The lowest BCUT2D eigenvalue weighted by atomic mass is 9.49. The summed E-state index contributed by atoms with van der Waals surface area (Å²) in [5, 5.41) is 14.7. The van der Waals surface area contributed by atoms with E-state index >= 15 is 0 Å². The van der Waals surface area contributed by atoms with Gasteiger partial charge < -0.3 is 15.0 Å². The van der Waals surface area contributed by atoms with Gasteiger partial charge in [-0.2, -0.15) is 5.26 Å². The Labute approximate surface area is 365 Å². The molecule has 4 fully saturated rings. The number of fused-ring (bicyclic) bond motifs is 1. The van der Waals surface area contributed by atoms with Crippen molar-refractivity contribution in [1.29, 1.82) is 5.26 Å². The van der Waals surface area contributed by atoms with E-state index in [1.165, 1.54) is 0 Å². The van der Waals surface area contributed by atoms with Crippen LogP contribution in [0.3, 0.4) is 0 Å². The van der Waals surface area contributed by atoms with Crippen LogP contribution in [0.1, 0.15) is 114 Å². The van der Waals surface area contributed by atoms with E-state index in [2.05, 4.69) is 86.5 Å². The quantitative estimate of drug-likeness (QED) is 0.164. The molecule has 3 aliphatic heterocycles. The zero-order chi connectivity index (χ0) is 44.0. The minimum Gasteiger partial charge on any atom is -0.489 e. The van der Waals surface area contributed by atoms with Gasteiger partial charge in [0, 0.05) is 79.1 Å². The van der Waals surface area contributed by atoms with E-state index in [0.717, 1.165) is 57.6 Å². The van der Waals surface area contributed by atoms with Crippen LogP contribution in [-0.4, -0.2) is 99.8 Å². The molecule has 2 aliphatic carbocycles. The molecule has 13 heteroatoms. The van der Waals surface area contributed by atoms with Gasteiger partial charge in [0.1, 0.15) is 29.7 Å². The van der Waals surface area contributed by atoms with Gasteiger partial charge in [-0.1, -0.05) is 65.6 Å². The summed E-state index contributed by atoms with van der Waals surface area (Å²) in [5.74, 6) is 6.80. The van der Waals surface area contributed by atoms with Crippen molar-refractivity contribution in [3.05, 3.63) is 70.0 Å². The number of amides is 4. The number of hydrogen-bond acceptors (Lipinski definition) is 9. The van der Waals surface area contributed by atoms with Crippen molar-refractivity contribution in [2.24, 2.45) is 28.6 Å². The molecule has 2 aromatic rings. The lowest BCUT2D eigenvalue weighted by Crippen LogP contribution is -2.74. The third-order valence-corrected chi connectivity index (χ3v) is 15.0. The van der Waals surface area contributed by atoms with E-state index in [-0.39, 0.29) is 65.0 Å². The molecule has 5 aliphatic rings. The molecule has 324 valence electrons. The molecule has 4 heterocycles. The number of imide groups is 1. The lowest BCUT2D eigenvalue weighted by molar-refractivity contribution is -0.199. The van der Waals surface area contributed by atoms with E-state index in [4.69, 9.17) is 21.3 Å². The van der Waals surface area contributed by atoms with Crippen molar-refractivity contribution in [3.8, 4) is 23.7 Å². The molecule has 2 saturated carbocycles. The van der Waals surface area contributed by atoms with Crippen LogP contribution in [0.2, 0.25) is 5.02 Å². The maximum Gasteiger partial charge on any atom is 0.256 e. The largest absolute Gasteiger partial charge is 0.489 e. The summed E-state index contributed by atoms with van der Waals surface area (Å²) >= 11 is 6.30. The number of hydrogen-bond donors (Lipinski definition) is 2. The van der Waals surface area contributed by atoms with E-state index < -0.39 is 11.9 Å². The molecule has 12 nitrogen and oxygen atoms in total. The molecular weight excluding hydrogens is 790 g/mol. The van der Waals surface area contributed by atoms with Gasteiger partial charge in [0.25, 0.3) is 5.91 Å². The topological polar surface area (TPSA) is 148 Å². The number of rotatable bonds is 10. The fraction of sp³-hybridized carbons (Fsp3) is 0.583. The van der Waals surface area contributed by atoms with Crippen LogP contribution in [0.25, 0.3) is 0 Å². The molecule has 1 aromatic carbocycles. The average Bonchev–Trinajstić information content (AvgIpc) is 3.55. The van der Waals surface area contributed by atoms with Crippen LogP contribution in [-0.2, 0) is 20.9 Å². The van der Waals surface area contributed by atoms with Gasteiger partial charge in [0.05, 0.1) is 28.4 Å². The first kappa shape index (κ1) is 44.3. The van der Waals surface area contributed by atoms with Gasteiger partial charge in [0.2, 0.25) is 17.7 Å². The molecule has 2 saturated heterocycles. The molecule has 2 unspecified atom stereocenters. The molecular formula is C48H60ClN7O5. The van der Waals surface area contributed by atoms with E-state index in [1.54, 1.807) is 18.2 Å². The number of piperidine rings is 1. The summed E-state index contributed by atoms with van der Waals surface area (Å²) in [5.41, 5.74) is 2.27. The number of aromatic nitrogens is 1. The third kappa shape index (κ3) is 8.82. The van der Waals surface area contributed by atoms with Crippen LogP contribution >= 0.6 is 11.6 Å². The van der Waals surface area contributed by atoms with Crippen molar-refractivity contribution >= 4 is 35.2 Å². The number of carbonyl (C=O) groups is 4. The number of halogens is 1. The highest BCUT2D eigenvalue weighted by atomic mass is 35.5. The van der Waals surface area contributed by atoms with Crippen LogP contribution < -0.4 is 15.4 Å². The first-order valence-corrected chi connectivity index (χ1v) is 22.3. The first-order chi connectivity index (χ1) is 28.9. The van der Waals surface area contributed by atoms with Crippen molar-refractivity contribution in [2.75, 3.05) is 26.2 Å². The highest BCUT2D eigenvalue weighted by Gasteiger charge is 2.67. The fourth-order valence-corrected chi connectivity index (χ4v) is 11.3. The zero-order valence-corrected chi connectivity index (χ0v) is 37.4. The predicted molar refractivity (Wildman–Crippen MR) is 233 cm³/mol. The zero-order valence-electron chi connectivity index (χ0n) is 36.6. The predicted octanol–water partition coefficient (Wildman–Crippen LogP) is 6.11. The minimum atomic E-state index is -0.709. The number of nitrogens with one attached hydrogen (secondary N) is 2. The Bertz CT molecular complexity index is 2170. The monoisotopic (exact) mass is 849 g/mol. The van der Waals surface area contributed by atoms with Gasteiger partial charge in [0.15, 0.2) is 0 Å². The van der Waals surface area contributed by atoms with Gasteiger partial charge in [-0.25, -0.2) is 4.98 Å². The van der Waals surface area contributed by atoms with Crippen molar-refractivity contribution in [2.45, 2.75) is 124 Å². The van der Waals surface area contributed by atoms with Crippen LogP contribution in [0.4, 0.5) is 0 Å². The second-order valence-electron chi connectivity index (χ2n) is 19.2. The highest BCUT2D eigenvalue weighted by Crippen LogP contribution is 2.59. The van der Waals surface area contributed by atoms with Crippen molar-refractivity contribution in [1.82, 2.24) is 30.3 Å². The SMILES string of the molecule is C=C(C(=O)NC1CCC(=O)NC1=O)C(C)[C@H](C)[C@@H](C)N1CCN(C2CCC(C#Cc3ccc4c(n3)CN(C3C(C)(C)C(Oc5ccc(C#N)c(Cl)c5)C3(C)C)C4=O)CC2)CC1. The second kappa shape index (κ2) is 17.6. The molecule has 1 aromatic heterocycles. The van der Waals surface area contributed by atoms with E-state index in [9.17, 15) is 24.4 Å². The third-order valence-electron chi connectivity index (χ3n) is 14.7. The minimum absolute atomic E-state index is 0.00955. The van der Waals surface area contributed by atoms with Crippen LogP contribution in [0.5, 0.6) is 5.75 Å². The first-order valence-electron chi connectivity index (χ1n) is 21.9. The summed E-state index contributed by atoms with van der Waals surface area (Å²) in [7, 11) is 0. The Morgan fingerprint density at radius 3 is 2.33 bits per heavy atom. The number of ether oxygens (including phenoxy) is 1. The van der Waals surface area contributed by atoms with Gasteiger partial charge in [-0.15, -0.1) is 0 Å². The van der Waals surface area contributed by atoms with Crippen molar-refractivity contribution in [3.63, 3.8) is 0 Å². The molecule has 0 spiro atoms. The fourth-order valence-electron chi connectivity index (χ4n) is 11.1. The van der Waals surface area contributed by atoms with Gasteiger partial charge in [-0.05, 0) is 81.0 Å². The number of carbonyl (C=O) groups excluding carboxylic acids is 4. The molecule has 61 heavy (non-hydrogen) atoms. The number of benzene rings is 1. The second-order valence-corrected chi connectivity index (χ2v) is 19.6. The number of nitrogens with zero attached hydrogens (tertiary/aromatic N) is 5. The summed E-state index contributed by atoms with van der Waals surface area (Å²) in [6.45, 7) is 23.5. The smallest absolute Gasteiger partial charge is 0.256 e. The Morgan fingerprint density at radius 2 is 1.69 bits per heavy atom. The van der Waals surface area contributed by atoms with Crippen LogP contribution in [0.15, 0.2) is 42.5 Å². The lowest BCUT2D eigenvalue weighted by Gasteiger charge is -2.65. The molecule has 2 N–H and O–H groups in total.